The first-order valence-electron chi connectivity index (χ1n) is 7.77. The van der Waals surface area contributed by atoms with Crippen LogP contribution in [0, 0.1) is 5.92 Å². The first-order valence-corrected chi connectivity index (χ1v) is 7.77. The van der Waals surface area contributed by atoms with Gasteiger partial charge in [0.2, 0.25) is 0 Å². The van der Waals surface area contributed by atoms with Crippen LogP contribution in [0.15, 0.2) is 24.3 Å². The van der Waals surface area contributed by atoms with Gasteiger partial charge in [0.25, 0.3) is 0 Å². The van der Waals surface area contributed by atoms with Crippen LogP contribution in [0.5, 0.6) is 0 Å². The average molecular weight is 287 g/mol. The van der Waals surface area contributed by atoms with E-state index in [1.165, 1.54) is 11.1 Å². The fourth-order valence-electron chi connectivity index (χ4n) is 3.30. The van der Waals surface area contributed by atoms with Crippen LogP contribution in [0.1, 0.15) is 36.8 Å². The Morgan fingerprint density at radius 3 is 2.52 bits per heavy atom. The van der Waals surface area contributed by atoms with Crippen LogP contribution in [0.25, 0.3) is 0 Å². The summed E-state index contributed by atoms with van der Waals surface area (Å²) in [5.41, 5.74) is 2.78. The van der Waals surface area contributed by atoms with Crippen molar-refractivity contribution >= 4 is 11.9 Å². The Labute approximate surface area is 124 Å². The summed E-state index contributed by atoms with van der Waals surface area (Å²) in [4.78, 5) is 23.5. The first-order chi connectivity index (χ1) is 10.2. The molecule has 0 saturated carbocycles. The van der Waals surface area contributed by atoms with Gasteiger partial charge in [-0.25, -0.2) is 4.79 Å². The van der Waals surface area contributed by atoms with Gasteiger partial charge in [-0.15, -0.1) is 0 Å². The first kappa shape index (κ1) is 14.3. The molecule has 1 aromatic carbocycles. The van der Waals surface area contributed by atoms with E-state index in [2.05, 4.69) is 29.6 Å². The number of rotatable bonds is 4. The maximum absolute atomic E-state index is 11.8. The number of nitrogens with one attached hydrogen (secondary N) is 1. The molecule has 4 heteroatoms. The van der Waals surface area contributed by atoms with E-state index in [0.717, 1.165) is 38.6 Å². The molecule has 1 aliphatic carbocycles. The number of carbonyl (C=O) groups is 2. The van der Waals surface area contributed by atoms with Crippen molar-refractivity contribution < 1.29 is 14.3 Å². The van der Waals surface area contributed by atoms with Gasteiger partial charge in [-0.3, -0.25) is 4.79 Å². The molecule has 0 spiro atoms. The number of fused-ring (bicyclic) bond motifs is 1. The van der Waals surface area contributed by atoms with E-state index >= 15 is 0 Å². The molecule has 1 aliphatic heterocycles. The van der Waals surface area contributed by atoms with Gasteiger partial charge in [0, 0.05) is 6.42 Å². The highest BCUT2D eigenvalue weighted by atomic mass is 16.6. The number of hydrogen-bond acceptors (Lipinski definition) is 4. The van der Waals surface area contributed by atoms with Crippen molar-refractivity contribution in [3.63, 3.8) is 0 Å². The molecular weight excluding hydrogens is 266 g/mol. The molecule has 112 valence electrons. The van der Waals surface area contributed by atoms with Crippen molar-refractivity contribution in [2.75, 3.05) is 6.54 Å². The number of esters is 2. The summed E-state index contributed by atoms with van der Waals surface area (Å²) in [5, 5.41) is 3.04. The minimum Gasteiger partial charge on any atom is -0.392 e. The van der Waals surface area contributed by atoms with Crippen molar-refractivity contribution in [2.24, 2.45) is 5.92 Å². The Kier molecular flexibility index (Phi) is 4.34. The number of ether oxygens (including phenoxy) is 1. The zero-order valence-corrected chi connectivity index (χ0v) is 12.1. The molecule has 0 unspecified atom stereocenters. The minimum absolute atomic E-state index is 0.287. The highest BCUT2D eigenvalue weighted by molar-refractivity contribution is 5.88. The van der Waals surface area contributed by atoms with Gasteiger partial charge < -0.3 is 10.1 Å². The summed E-state index contributed by atoms with van der Waals surface area (Å²) in [6, 6.07) is 8.14. The molecule has 0 radical (unpaired) electrons. The highest BCUT2D eigenvalue weighted by Gasteiger charge is 2.26. The van der Waals surface area contributed by atoms with Gasteiger partial charge in [0.1, 0.15) is 6.04 Å². The minimum atomic E-state index is -0.410. The third-order valence-corrected chi connectivity index (χ3v) is 4.45. The number of benzene rings is 1. The quantitative estimate of drug-likeness (QED) is 0.680. The van der Waals surface area contributed by atoms with Crippen LogP contribution in [0.2, 0.25) is 0 Å². The molecule has 3 rings (SSSR count). The second-order valence-electron chi connectivity index (χ2n) is 6.02. The molecule has 0 amide bonds. The smallest absolute Gasteiger partial charge is 0.330 e. The fourth-order valence-corrected chi connectivity index (χ4v) is 3.30. The van der Waals surface area contributed by atoms with Crippen molar-refractivity contribution in [3.8, 4) is 0 Å². The summed E-state index contributed by atoms with van der Waals surface area (Å²) in [6.07, 6.45) is 4.91. The molecule has 4 nitrogen and oxygen atoms in total. The Morgan fingerprint density at radius 2 is 1.90 bits per heavy atom. The van der Waals surface area contributed by atoms with Crippen LogP contribution in [-0.2, 0) is 27.2 Å². The van der Waals surface area contributed by atoms with Crippen LogP contribution < -0.4 is 5.32 Å². The zero-order chi connectivity index (χ0) is 14.7. The second kappa shape index (κ2) is 6.39. The summed E-state index contributed by atoms with van der Waals surface area (Å²) in [6.45, 7) is 0.828. The molecule has 1 aromatic rings. The maximum Gasteiger partial charge on any atom is 0.330 e. The SMILES string of the molecule is O=C(CCC1Cc2ccccc2C1)OC(=O)[C@H]1CCCN1. The van der Waals surface area contributed by atoms with Gasteiger partial charge in [-0.05, 0) is 55.7 Å². The van der Waals surface area contributed by atoms with E-state index in [9.17, 15) is 9.59 Å². The summed E-state index contributed by atoms with van der Waals surface area (Å²) < 4.78 is 4.93. The molecule has 1 heterocycles. The van der Waals surface area contributed by atoms with Crippen molar-refractivity contribution in [3.05, 3.63) is 35.4 Å². The molecule has 0 aromatic heterocycles. The predicted molar refractivity (Wildman–Crippen MR) is 78.7 cm³/mol. The van der Waals surface area contributed by atoms with Gasteiger partial charge in [0.15, 0.2) is 0 Å². The monoisotopic (exact) mass is 287 g/mol. The topological polar surface area (TPSA) is 55.4 Å². The molecule has 21 heavy (non-hydrogen) atoms. The molecule has 0 bridgehead atoms. The van der Waals surface area contributed by atoms with Crippen LogP contribution >= 0.6 is 0 Å². The standard InChI is InChI=1S/C17H21NO3/c19-16(21-17(20)15-6-3-9-18-15)8-7-12-10-13-4-1-2-5-14(13)11-12/h1-2,4-5,12,15,18H,3,6-11H2/t15-/m1/s1. The predicted octanol–water partition coefficient (Wildman–Crippen LogP) is 2.00. The van der Waals surface area contributed by atoms with E-state index in [4.69, 9.17) is 4.74 Å². The van der Waals surface area contributed by atoms with Gasteiger partial charge in [0.05, 0.1) is 0 Å². The van der Waals surface area contributed by atoms with E-state index in [1.54, 1.807) is 0 Å². The zero-order valence-electron chi connectivity index (χ0n) is 12.1. The van der Waals surface area contributed by atoms with E-state index < -0.39 is 5.97 Å². The van der Waals surface area contributed by atoms with Gasteiger partial charge in [-0.2, -0.15) is 0 Å². The van der Waals surface area contributed by atoms with Crippen LogP contribution in [0.4, 0.5) is 0 Å². The molecular formula is C17H21NO3. The van der Waals surface area contributed by atoms with E-state index in [1.807, 2.05) is 0 Å². The lowest BCUT2D eigenvalue weighted by Gasteiger charge is -2.10. The molecule has 2 aliphatic rings. The van der Waals surface area contributed by atoms with E-state index in [-0.39, 0.29) is 12.0 Å². The lowest BCUT2D eigenvalue weighted by Crippen LogP contribution is -2.33. The Balaban J connectivity index is 1.42. The summed E-state index contributed by atoms with van der Waals surface area (Å²) in [5.74, 6) is -0.300. The van der Waals surface area contributed by atoms with Crippen LogP contribution in [0.3, 0.4) is 0 Å². The van der Waals surface area contributed by atoms with E-state index in [0.29, 0.717) is 12.3 Å². The summed E-state index contributed by atoms with van der Waals surface area (Å²) in [7, 11) is 0. The molecule has 1 atom stereocenters. The average Bonchev–Trinajstić information content (AvgIpc) is 3.14. The summed E-state index contributed by atoms with van der Waals surface area (Å²) >= 11 is 0. The Hall–Kier alpha value is -1.68. The molecule has 1 N–H and O–H groups in total. The maximum atomic E-state index is 11.8. The third kappa shape index (κ3) is 3.50. The van der Waals surface area contributed by atoms with Gasteiger partial charge in [-0.1, -0.05) is 24.3 Å². The number of hydrogen-bond donors (Lipinski definition) is 1. The third-order valence-electron chi connectivity index (χ3n) is 4.45. The Bertz CT molecular complexity index is 510. The molecule has 1 saturated heterocycles. The number of carbonyl (C=O) groups excluding carboxylic acids is 2. The molecule has 1 fully saturated rings. The van der Waals surface area contributed by atoms with Crippen molar-refractivity contribution in [2.45, 2.75) is 44.6 Å². The highest BCUT2D eigenvalue weighted by Crippen LogP contribution is 2.29. The largest absolute Gasteiger partial charge is 0.392 e. The lowest BCUT2D eigenvalue weighted by molar-refractivity contribution is -0.161. The lowest BCUT2D eigenvalue weighted by atomic mass is 10.0. The normalized spacial score (nSPS) is 21.2. The second-order valence-corrected chi connectivity index (χ2v) is 6.02. The van der Waals surface area contributed by atoms with Crippen LogP contribution in [-0.4, -0.2) is 24.5 Å². The fraction of sp³-hybridized carbons (Fsp3) is 0.529. The van der Waals surface area contributed by atoms with Crippen molar-refractivity contribution in [1.82, 2.24) is 5.32 Å². The Morgan fingerprint density at radius 1 is 1.19 bits per heavy atom. The van der Waals surface area contributed by atoms with Crippen molar-refractivity contribution in [1.29, 1.82) is 0 Å². The van der Waals surface area contributed by atoms with Gasteiger partial charge >= 0.3 is 11.9 Å².